The molecular weight excluding hydrogens is 153 g/mol. The Balaban J connectivity index is 3.27. The van der Waals surface area contributed by atoms with Crippen LogP contribution in [-0.4, -0.2) is 6.21 Å². The van der Waals surface area contributed by atoms with Crippen LogP contribution in [0.2, 0.25) is 0 Å². The van der Waals surface area contributed by atoms with Crippen molar-refractivity contribution in [3.63, 3.8) is 0 Å². The van der Waals surface area contributed by atoms with E-state index in [-0.39, 0.29) is 5.82 Å². The molecule has 0 unspecified atom stereocenters. The number of benzene rings is 1. The molecule has 0 radical (unpaired) electrons. The summed E-state index contributed by atoms with van der Waals surface area (Å²) in [5, 5.41) is 0. The molecule has 0 aliphatic heterocycles. The van der Waals surface area contributed by atoms with Gasteiger partial charge in [-0.3, -0.25) is 4.99 Å². The van der Waals surface area contributed by atoms with E-state index in [1.54, 1.807) is 25.3 Å². The highest BCUT2D eigenvalue weighted by atomic mass is 19.1. The second-order valence-corrected chi connectivity index (χ2v) is 2.26. The second kappa shape index (κ2) is 3.81. The van der Waals surface area contributed by atoms with Crippen molar-refractivity contribution in [3.05, 3.63) is 36.2 Å². The van der Waals surface area contributed by atoms with Crippen molar-refractivity contribution in [2.24, 2.45) is 4.99 Å². The van der Waals surface area contributed by atoms with Gasteiger partial charge < -0.3 is 0 Å². The molecule has 0 N–H and O–H groups in total. The van der Waals surface area contributed by atoms with Crippen molar-refractivity contribution in [2.45, 2.75) is 6.92 Å². The number of aliphatic imine (C=N–C) groups is 1. The molecule has 0 fully saturated rings. The van der Waals surface area contributed by atoms with Gasteiger partial charge in [0.15, 0.2) is 0 Å². The Hall–Kier alpha value is -1.44. The lowest BCUT2D eigenvalue weighted by Gasteiger charge is -1.99. The van der Waals surface area contributed by atoms with E-state index in [1.165, 1.54) is 12.1 Å². The van der Waals surface area contributed by atoms with Crippen molar-refractivity contribution in [3.8, 4) is 0 Å². The molecule has 1 rings (SSSR count). The third kappa shape index (κ3) is 1.59. The van der Waals surface area contributed by atoms with E-state index in [4.69, 9.17) is 0 Å². The zero-order chi connectivity index (χ0) is 8.97. The number of halogens is 1. The van der Waals surface area contributed by atoms with Crippen LogP contribution >= 0.6 is 0 Å². The van der Waals surface area contributed by atoms with Gasteiger partial charge in [0.1, 0.15) is 5.82 Å². The van der Waals surface area contributed by atoms with Gasteiger partial charge in [-0.05, 0) is 19.1 Å². The maximum Gasteiger partial charge on any atom is 0.132 e. The normalized spacial score (nSPS) is 10.5. The third-order valence-corrected chi connectivity index (χ3v) is 1.50. The molecule has 0 aromatic heterocycles. The van der Waals surface area contributed by atoms with Gasteiger partial charge in [0.25, 0.3) is 0 Å². The Morgan fingerprint density at radius 2 is 2.25 bits per heavy atom. The summed E-state index contributed by atoms with van der Waals surface area (Å²) in [6, 6.07) is 4.77. The lowest BCUT2D eigenvalue weighted by molar-refractivity contribution is 0.625. The van der Waals surface area contributed by atoms with E-state index < -0.39 is 0 Å². The van der Waals surface area contributed by atoms with Gasteiger partial charge >= 0.3 is 0 Å². The van der Waals surface area contributed by atoms with E-state index in [0.29, 0.717) is 11.3 Å². The van der Waals surface area contributed by atoms with Crippen LogP contribution in [0.1, 0.15) is 12.5 Å². The van der Waals surface area contributed by atoms with Crippen LogP contribution in [0.3, 0.4) is 0 Å². The minimum Gasteiger partial charge on any atom is -0.261 e. The average Bonchev–Trinajstić information content (AvgIpc) is 2.05. The van der Waals surface area contributed by atoms with E-state index in [9.17, 15) is 4.39 Å². The summed E-state index contributed by atoms with van der Waals surface area (Å²) in [4.78, 5) is 4.00. The van der Waals surface area contributed by atoms with E-state index in [0.717, 1.165) is 0 Å². The van der Waals surface area contributed by atoms with Crippen LogP contribution in [0, 0.1) is 5.82 Å². The van der Waals surface area contributed by atoms with Crippen LogP contribution in [0.25, 0.3) is 6.08 Å². The van der Waals surface area contributed by atoms with Crippen LogP contribution in [0.5, 0.6) is 0 Å². The molecule has 1 aromatic rings. The smallest absolute Gasteiger partial charge is 0.132 e. The second-order valence-electron chi connectivity index (χ2n) is 2.26. The molecule has 62 valence electrons. The van der Waals surface area contributed by atoms with Crippen molar-refractivity contribution in [1.29, 1.82) is 0 Å². The Morgan fingerprint density at radius 3 is 2.83 bits per heavy atom. The van der Waals surface area contributed by atoms with Crippen molar-refractivity contribution in [1.82, 2.24) is 0 Å². The summed E-state index contributed by atoms with van der Waals surface area (Å²) in [6.45, 7) is 5.31. The third-order valence-electron chi connectivity index (χ3n) is 1.50. The van der Waals surface area contributed by atoms with Crippen LogP contribution in [0.4, 0.5) is 10.1 Å². The fraction of sp³-hybridized carbons (Fsp3) is 0.100. The molecular formula is C10H10FN. The number of rotatable bonds is 2. The fourth-order valence-electron chi connectivity index (χ4n) is 0.979. The summed E-state index contributed by atoms with van der Waals surface area (Å²) < 4.78 is 13.0. The summed E-state index contributed by atoms with van der Waals surface area (Å²) in [5.41, 5.74) is 1.07. The van der Waals surface area contributed by atoms with Crippen molar-refractivity contribution in [2.75, 3.05) is 0 Å². The first-order chi connectivity index (χ1) is 5.79. The highest BCUT2D eigenvalue weighted by Gasteiger charge is 2.01. The quantitative estimate of drug-likeness (QED) is 0.594. The first-order valence-corrected chi connectivity index (χ1v) is 3.69. The Labute approximate surface area is 71.3 Å². The number of nitrogens with zero attached hydrogens (tertiary/aromatic N) is 1. The van der Waals surface area contributed by atoms with E-state index in [1.807, 2.05) is 0 Å². The maximum absolute atomic E-state index is 13.0. The van der Waals surface area contributed by atoms with Gasteiger partial charge in [-0.25, -0.2) is 4.39 Å². The lowest BCUT2D eigenvalue weighted by atomic mass is 10.1. The van der Waals surface area contributed by atoms with E-state index >= 15 is 0 Å². The lowest BCUT2D eigenvalue weighted by Crippen LogP contribution is -1.81. The standard InChI is InChI=1S/C10H10FN/c1-3-8-9(11)6-5-7-10(8)12-4-2/h3-7H,1H2,2H3. The SMILES string of the molecule is C=Cc1c(F)cccc1N=CC. The maximum atomic E-state index is 13.0. The minimum absolute atomic E-state index is 0.284. The number of hydrogen-bond donors (Lipinski definition) is 0. The van der Waals surface area contributed by atoms with Gasteiger partial charge in [-0.1, -0.05) is 18.7 Å². The molecule has 1 nitrogen and oxygen atoms in total. The van der Waals surface area contributed by atoms with E-state index in [2.05, 4.69) is 11.6 Å². The van der Waals surface area contributed by atoms with Gasteiger partial charge in [0.2, 0.25) is 0 Å². The van der Waals surface area contributed by atoms with Crippen LogP contribution < -0.4 is 0 Å². The molecule has 0 aliphatic rings. The minimum atomic E-state index is -0.284. The highest BCUT2D eigenvalue weighted by Crippen LogP contribution is 2.22. The van der Waals surface area contributed by atoms with Gasteiger partial charge in [0, 0.05) is 11.8 Å². The topological polar surface area (TPSA) is 12.4 Å². The summed E-state index contributed by atoms with van der Waals surface area (Å²) in [5.74, 6) is -0.284. The predicted molar refractivity (Wildman–Crippen MR) is 50.3 cm³/mol. The molecule has 2 heteroatoms. The first kappa shape index (κ1) is 8.65. The summed E-state index contributed by atoms with van der Waals surface area (Å²) in [6.07, 6.45) is 3.10. The number of hydrogen-bond acceptors (Lipinski definition) is 1. The molecule has 0 atom stereocenters. The Morgan fingerprint density at radius 1 is 1.50 bits per heavy atom. The van der Waals surface area contributed by atoms with Crippen LogP contribution in [-0.2, 0) is 0 Å². The van der Waals surface area contributed by atoms with Gasteiger partial charge in [0.05, 0.1) is 5.69 Å². The zero-order valence-electron chi connectivity index (χ0n) is 6.92. The molecule has 0 saturated carbocycles. The highest BCUT2D eigenvalue weighted by molar-refractivity contribution is 5.69. The molecule has 0 amide bonds. The predicted octanol–water partition coefficient (Wildman–Crippen LogP) is 3.19. The fourth-order valence-corrected chi connectivity index (χ4v) is 0.979. The molecule has 0 saturated heterocycles. The summed E-state index contributed by atoms with van der Waals surface area (Å²) in [7, 11) is 0. The van der Waals surface area contributed by atoms with Crippen molar-refractivity contribution < 1.29 is 4.39 Å². The first-order valence-electron chi connectivity index (χ1n) is 3.69. The molecule has 1 aromatic carbocycles. The average molecular weight is 163 g/mol. The monoisotopic (exact) mass is 163 g/mol. The van der Waals surface area contributed by atoms with Crippen LogP contribution in [0.15, 0.2) is 29.8 Å². The zero-order valence-corrected chi connectivity index (χ0v) is 6.92. The largest absolute Gasteiger partial charge is 0.261 e. The molecule has 0 spiro atoms. The van der Waals surface area contributed by atoms with Gasteiger partial charge in [-0.15, -0.1) is 0 Å². The molecule has 0 heterocycles. The summed E-state index contributed by atoms with van der Waals surface area (Å²) >= 11 is 0. The molecule has 0 bridgehead atoms. The Bertz CT molecular complexity index is 316. The Kier molecular flexibility index (Phi) is 2.75. The molecule has 12 heavy (non-hydrogen) atoms. The molecule has 0 aliphatic carbocycles. The van der Waals surface area contributed by atoms with Gasteiger partial charge in [-0.2, -0.15) is 0 Å². The van der Waals surface area contributed by atoms with Crippen molar-refractivity contribution >= 4 is 18.0 Å².